The number of rotatable bonds is 4. The number of benzene rings is 2. The molecule has 0 radical (unpaired) electrons. The van der Waals surface area contributed by atoms with Crippen molar-refractivity contribution in [3.05, 3.63) is 87.7 Å². The van der Waals surface area contributed by atoms with Crippen LogP contribution in [0.4, 0.5) is 5.69 Å². The first kappa shape index (κ1) is 16.7. The third-order valence-electron chi connectivity index (χ3n) is 4.06. The van der Waals surface area contributed by atoms with Crippen molar-refractivity contribution in [2.24, 2.45) is 0 Å². The number of non-ortho nitro benzene ring substituents is 1. The molecule has 0 saturated carbocycles. The Morgan fingerprint density at radius 1 is 1.15 bits per heavy atom. The average Bonchev–Trinajstić information content (AvgIpc) is 3.32. The van der Waals surface area contributed by atoms with Gasteiger partial charge in [0.05, 0.1) is 20.7 Å². The van der Waals surface area contributed by atoms with Crippen molar-refractivity contribution in [3.8, 4) is 11.8 Å². The van der Waals surface area contributed by atoms with Gasteiger partial charge in [-0.1, -0.05) is 12.1 Å². The highest BCUT2D eigenvalue weighted by molar-refractivity contribution is 7.19. The maximum atomic E-state index is 10.8. The lowest BCUT2D eigenvalue weighted by Gasteiger charge is -2.06. The van der Waals surface area contributed by atoms with Gasteiger partial charge in [-0.25, -0.2) is 4.98 Å². The first-order valence-electron chi connectivity index (χ1n) is 8.05. The van der Waals surface area contributed by atoms with Crippen molar-refractivity contribution >= 4 is 38.9 Å². The van der Waals surface area contributed by atoms with Crippen molar-refractivity contribution < 1.29 is 4.92 Å². The summed E-state index contributed by atoms with van der Waals surface area (Å²) in [4.78, 5) is 14.9. The van der Waals surface area contributed by atoms with E-state index in [4.69, 9.17) is 0 Å². The number of nitro groups is 1. The highest BCUT2D eigenvalue weighted by Gasteiger charge is 2.11. The second-order valence-corrected chi connectivity index (χ2v) is 6.76. The van der Waals surface area contributed by atoms with Crippen molar-refractivity contribution in [1.82, 2.24) is 9.55 Å². The summed E-state index contributed by atoms with van der Waals surface area (Å²) in [6, 6.07) is 20.0. The fourth-order valence-corrected chi connectivity index (χ4v) is 3.69. The standard InChI is InChI=1S/C20H12N4O2S/c21-13-14(20-22-18-5-1-2-6-19(18)27-20)12-17-4-3-11-23(17)15-7-9-16(10-8-15)24(25)26/h1-12H. The Morgan fingerprint density at radius 2 is 1.93 bits per heavy atom. The summed E-state index contributed by atoms with van der Waals surface area (Å²) in [7, 11) is 0. The molecule has 0 N–H and O–H groups in total. The molecule has 0 aliphatic heterocycles. The predicted octanol–water partition coefficient (Wildman–Crippen LogP) is 5.06. The minimum atomic E-state index is -0.429. The van der Waals surface area contributed by atoms with Crippen LogP contribution in [-0.4, -0.2) is 14.5 Å². The molecule has 27 heavy (non-hydrogen) atoms. The van der Waals surface area contributed by atoms with Gasteiger partial charge >= 0.3 is 0 Å². The molecular weight excluding hydrogens is 360 g/mol. The molecule has 4 aromatic rings. The minimum absolute atomic E-state index is 0.0372. The van der Waals surface area contributed by atoms with E-state index < -0.39 is 4.92 Å². The number of nitrogens with zero attached hydrogens (tertiary/aromatic N) is 4. The molecule has 2 aromatic heterocycles. The fraction of sp³-hybridized carbons (Fsp3) is 0. The Morgan fingerprint density at radius 3 is 2.63 bits per heavy atom. The quantitative estimate of drug-likeness (QED) is 0.285. The molecule has 6 nitrogen and oxygen atoms in total. The second-order valence-electron chi connectivity index (χ2n) is 5.73. The van der Waals surface area contributed by atoms with Gasteiger partial charge in [0, 0.05) is 29.7 Å². The van der Waals surface area contributed by atoms with Gasteiger partial charge in [-0.3, -0.25) is 10.1 Å². The lowest BCUT2D eigenvalue weighted by atomic mass is 10.2. The topological polar surface area (TPSA) is 84.8 Å². The number of nitro benzene ring substituents is 1. The van der Waals surface area contributed by atoms with E-state index in [1.54, 1.807) is 18.2 Å². The van der Waals surface area contributed by atoms with Crippen molar-refractivity contribution in [1.29, 1.82) is 5.26 Å². The van der Waals surface area contributed by atoms with E-state index >= 15 is 0 Å². The summed E-state index contributed by atoms with van der Waals surface area (Å²) >= 11 is 1.47. The molecular formula is C20H12N4O2S. The first-order chi connectivity index (χ1) is 13.2. The largest absolute Gasteiger partial charge is 0.317 e. The Kier molecular flexibility index (Phi) is 4.24. The number of fused-ring (bicyclic) bond motifs is 1. The van der Waals surface area contributed by atoms with Gasteiger partial charge in [-0.15, -0.1) is 11.3 Å². The van der Waals surface area contributed by atoms with Crippen LogP contribution in [0.25, 0.3) is 27.6 Å². The molecule has 0 bridgehead atoms. The van der Waals surface area contributed by atoms with E-state index in [0.717, 1.165) is 21.6 Å². The van der Waals surface area contributed by atoms with Crippen LogP contribution in [0.3, 0.4) is 0 Å². The van der Waals surface area contributed by atoms with Crippen LogP contribution in [-0.2, 0) is 0 Å². The molecule has 0 saturated heterocycles. The number of hydrogen-bond acceptors (Lipinski definition) is 5. The van der Waals surface area contributed by atoms with Gasteiger partial charge in [0.1, 0.15) is 11.1 Å². The first-order valence-corrected chi connectivity index (χ1v) is 8.87. The van der Waals surface area contributed by atoms with Crippen LogP contribution >= 0.6 is 11.3 Å². The zero-order chi connectivity index (χ0) is 18.8. The van der Waals surface area contributed by atoms with Gasteiger partial charge in [0.15, 0.2) is 0 Å². The zero-order valence-electron chi connectivity index (χ0n) is 13.9. The van der Waals surface area contributed by atoms with Gasteiger partial charge in [-0.2, -0.15) is 5.26 Å². The monoisotopic (exact) mass is 372 g/mol. The van der Waals surface area contributed by atoms with Crippen LogP contribution in [0.5, 0.6) is 0 Å². The Bertz CT molecular complexity index is 1180. The van der Waals surface area contributed by atoms with Gasteiger partial charge < -0.3 is 4.57 Å². The van der Waals surface area contributed by atoms with E-state index in [1.807, 2.05) is 47.2 Å². The normalized spacial score (nSPS) is 11.4. The van der Waals surface area contributed by atoms with E-state index in [9.17, 15) is 15.4 Å². The van der Waals surface area contributed by atoms with Crippen molar-refractivity contribution in [2.75, 3.05) is 0 Å². The van der Waals surface area contributed by atoms with Gasteiger partial charge in [0.2, 0.25) is 0 Å². The highest BCUT2D eigenvalue weighted by Crippen LogP contribution is 2.28. The van der Waals surface area contributed by atoms with Crippen LogP contribution in [0, 0.1) is 21.4 Å². The second kappa shape index (κ2) is 6.86. The van der Waals surface area contributed by atoms with Crippen LogP contribution in [0.2, 0.25) is 0 Å². The fourth-order valence-electron chi connectivity index (χ4n) is 2.76. The van der Waals surface area contributed by atoms with Crippen molar-refractivity contribution in [2.45, 2.75) is 0 Å². The summed E-state index contributed by atoms with van der Waals surface area (Å²) in [6.07, 6.45) is 3.62. The Balaban J connectivity index is 1.74. The molecule has 4 rings (SSSR count). The summed E-state index contributed by atoms with van der Waals surface area (Å²) in [6.45, 7) is 0. The third kappa shape index (κ3) is 3.21. The molecule has 0 fully saturated rings. The molecule has 0 atom stereocenters. The Labute approximate surface area is 158 Å². The summed E-state index contributed by atoms with van der Waals surface area (Å²) in [5, 5.41) is 21.1. The number of para-hydroxylation sites is 1. The van der Waals surface area contributed by atoms with Crippen LogP contribution in [0.1, 0.15) is 10.7 Å². The van der Waals surface area contributed by atoms with E-state index in [-0.39, 0.29) is 5.69 Å². The molecule has 130 valence electrons. The minimum Gasteiger partial charge on any atom is -0.317 e. The SMILES string of the molecule is N#CC(=Cc1cccn1-c1ccc([N+](=O)[O-])cc1)c1nc2ccccc2s1. The smallest absolute Gasteiger partial charge is 0.269 e. The maximum Gasteiger partial charge on any atom is 0.269 e. The van der Waals surface area contributed by atoms with E-state index in [0.29, 0.717) is 10.6 Å². The van der Waals surface area contributed by atoms with Crippen LogP contribution in [0.15, 0.2) is 66.9 Å². The number of allylic oxidation sites excluding steroid dienone is 1. The zero-order valence-corrected chi connectivity index (χ0v) is 14.8. The lowest BCUT2D eigenvalue weighted by molar-refractivity contribution is -0.384. The lowest BCUT2D eigenvalue weighted by Crippen LogP contribution is -1.96. The van der Waals surface area contributed by atoms with Gasteiger partial charge in [-0.05, 0) is 42.5 Å². The summed E-state index contributed by atoms with van der Waals surface area (Å²) in [5.74, 6) is 0. The third-order valence-corrected chi connectivity index (χ3v) is 5.13. The average molecular weight is 372 g/mol. The molecule has 2 heterocycles. The van der Waals surface area contributed by atoms with Crippen LogP contribution < -0.4 is 0 Å². The molecule has 0 unspecified atom stereocenters. The number of aromatic nitrogens is 2. The molecule has 2 aromatic carbocycles. The molecule has 0 amide bonds. The number of nitriles is 1. The van der Waals surface area contributed by atoms with Gasteiger partial charge in [0.25, 0.3) is 5.69 Å². The summed E-state index contributed by atoms with van der Waals surface area (Å²) in [5.41, 5.74) is 2.94. The van der Waals surface area contributed by atoms with E-state index in [2.05, 4.69) is 11.1 Å². The van der Waals surface area contributed by atoms with Crippen molar-refractivity contribution in [3.63, 3.8) is 0 Å². The maximum absolute atomic E-state index is 10.8. The molecule has 0 aliphatic rings. The predicted molar refractivity (Wildman–Crippen MR) is 106 cm³/mol. The number of thiazole rings is 1. The van der Waals surface area contributed by atoms with E-state index in [1.165, 1.54) is 23.5 Å². The molecule has 0 spiro atoms. The Hall–Kier alpha value is -3.76. The number of hydrogen-bond donors (Lipinski definition) is 0. The highest BCUT2D eigenvalue weighted by atomic mass is 32.1. The molecule has 0 aliphatic carbocycles. The summed E-state index contributed by atoms with van der Waals surface area (Å²) < 4.78 is 2.90. The molecule has 7 heteroatoms.